The quantitative estimate of drug-likeness (QED) is 0.404. The number of rotatable bonds is 2. The maximum atomic E-state index is 16.2. The Bertz CT molecular complexity index is 1210. The maximum absolute atomic E-state index is 16.2. The summed E-state index contributed by atoms with van der Waals surface area (Å²) in [5, 5.41) is 2.66. The second-order valence-electron chi connectivity index (χ2n) is 6.77. The zero-order valence-corrected chi connectivity index (χ0v) is 14.1. The van der Waals surface area contributed by atoms with E-state index in [0.29, 0.717) is 16.8 Å². The summed E-state index contributed by atoms with van der Waals surface area (Å²) < 4.78 is 23.3. The summed E-state index contributed by atoms with van der Waals surface area (Å²) in [6, 6.07) is 20.0. The molecule has 2 heterocycles. The Hall–Kier alpha value is -3.21. The lowest BCUT2D eigenvalue weighted by atomic mass is 9.65. The fourth-order valence-electron chi connectivity index (χ4n) is 3.77. The van der Waals surface area contributed by atoms with Crippen LogP contribution in [0.25, 0.3) is 21.7 Å². The fourth-order valence-corrected chi connectivity index (χ4v) is 3.77. The second kappa shape index (κ2) is 5.15. The summed E-state index contributed by atoms with van der Waals surface area (Å²) in [5.74, 6) is 0.405. The van der Waals surface area contributed by atoms with E-state index in [1.807, 2.05) is 37.3 Å². The molecule has 5 rings (SSSR count). The minimum Gasteiger partial charge on any atom is -0.624 e. The topological polar surface area (TPSA) is 30.2 Å². The number of aromatic nitrogens is 1. The third-order valence-electron chi connectivity index (χ3n) is 5.09. The molecule has 1 aliphatic heterocycles. The molecule has 126 valence electrons. The molecule has 1 aromatic heterocycles. The molecule has 3 nitrogen and oxygen atoms in total. The molecule has 0 unspecified atom stereocenters. The van der Waals surface area contributed by atoms with E-state index >= 15 is 4.32 Å². The van der Waals surface area contributed by atoms with Crippen LogP contribution in [0.1, 0.15) is 15.9 Å². The molecule has 26 heavy (non-hydrogen) atoms. The van der Waals surface area contributed by atoms with Crippen molar-refractivity contribution in [2.75, 3.05) is 0 Å². The highest BCUT2D eigenvalue weighted by molar-refractivity contribution is 6.93. The van der Waals surface area contributed by atoms with Gasteiger partial charge in [0.15, 0.2) is 11.2 Å². The Kier molecular flexibility index (Phi) is 2.99. The zero-order chi connectivity index (χ0) is 17.9. The molecule has 0 spiro atoms. The van der Waals surface area contributed by atoms with Gasteiger partial charge in [-0.2, -0.15) is 0 Å². The number of nitrogens with zero attached hydrogens (tertiary/aromatic N) is 1. The summed E-state index contributed by atoms with van der Waals surface area (Å²) in [6.07, 6.45) is 1.59. The van der Waals surface area contributed by atoms with Gasteiger partial charge in [0.25, 0.3) is 0 Å². The number of aryl methyl sites for hydroxylation is 1. The first-order valence-electron chi connectivity index (χ1n) is 8.57. The Morgan fingerprint density at radius 1 is 0.962 bits per heavy atom. The van der Waals surface area contributed by atoms with E-state index < -0.39 is 12.4 Å². The number of carbonyl (C=O) groups excluding carboxylic acids is 1. The van der Waals surface area contributed by atoms with Gasteiger partial charge in [-0.15, -0.1) is 0 Å². The van der Waals surface area contributed by atoms with E-state index in [4.69, 9.17) is 4.65 Å². The first-order chi connectivity index (χ1) is 12.6. The molecule has 3 aromatic carbocycles. The van der Waals surface area contributed by atoms with Crippen molar-refractivity contribution in [3.05, 3.63) is 84.1 Å². The first-order valence-corrected chi connectivity index (χ1v) is 8.57. The van der Waals surface area contributed by atoms with E-state index in [1.165, 1.54) is 4.48 Å². The molecule has 5 heteroatoms. The highest BCUT2D eigenvalue weighted by atomic mass is 19.1. The molecule has 0 fully saturated rings. The van der Waals surface area contributed by atoms with Gasteiger partial charge < -0.3 is 18.2 Å². The lowest BCUT2D eigenvalue weighted by molar-refractivity contribution is -0.536. The molecule has 4 aromatic rings. The van der Waals surface area contributed by atoms with E-state index in [9.17, 15) is 4.79 Å². The standard InChI is InChI=1S/C21H15BFNO2/c1-14-7-9-17(10-8-14)21(25)22(23)24-13-3-5-16-12-11-15-4-2-6-18(26-22)19(15)20(16)24/h2-13H,1H3/t22-/m0/s1. The van der Waals surface area contributed by atoms with Crippen LogP contribution in [0.4, 0.5) is 4.32 Å². The molecule has 0 radical (unpaired) electrons. The van der Waals surface area contributed by atoms with Crippen molar-refractivity contribution in [2.45, 2.75) is 6.92 Å². The van der Waals surface area contributed by atoms with Crippen molar-refractivity contribution in [3.8, 4) is 5.75 Å². The van der Waals surface area contributed by atoms with Crippen LogP contribution in [-0.2, 0) is 0 Å². The van der Waals surface area contributed by atoms with Gasteiger partial charge in [0.2, 0.25) is 0 Å². The zero-order valence-electron chi connectivity index (χ0n) is 14.1. The van der Waals surface area contributed by atoms with Gasteiger partial charge in [-0.25, -0.2) is 0 Å². The van der Waals surface area contributed by atoms with Gasteiger partial charge in [-0.05, 0) is 42.1 Å². The van der Waals surface area contributed by atoms with E-state index in [2.05, 4.69) is 0 Å². The van der Waals surface area contributed by atoms with Crippen LogP contribution < -0.4 is 9.13 Å². The van der Waals surface area contributed by atoms with Crippen LogP contribution in [0.3, 0.4) is 0 Å². The van der Waals surface area contributed by atoms with Crippen molar-refractivity contribution in [2.24, 2.45) is 0 Å². The summed E-state index contributed by atoms with van der Waals surface area (Å²) in [6.45, 7) is -1.52. The predicted molar refractivity (Wildman–Crippen MR) is 100 cm³/mol. The highest BCUT2D eigenvalue weighted by Gasteiger charge is 2.54. The van der Waals surface area contributed by atoms with Crippen LogP contribution in [0.2, 0.25) is 0 Å². The molecule has 1 atom stereocenters. The second-order valence-corrected chi connectivity index (χ2v) is 6.77. The highest BCUT2D eigenvalue weighted by Crippen LogP contribution is 2.36. The molecule has 1 aliphatic rings. The van der Waals surface area contributed by atoms with Gasteiger partial charge in [0, 0.05) is 5.39 Å². The lowest BCUT2D eigenvalue weighted by Crippen LogP contribution is -2.72. The number of pyridine rings is 1. The normalized spacial score (nSPS) is 18.2. The van der Waals surface area contributed by atoms with Crippen molar-refractivity contribution in [3.63, 3.8) is 0 Å². The average Bonchev–Trinajstić information content (AvgIpc) is 2.67. The predicted octanol–water partition coefficient (Wildman–Crippen LogP) is 4.16. The van der Waals surface area contributed by atoms with Gasteiger partial charge >= 0.3 is 6.76 Å². The van der Waals surface area contributed by atoms with Crippen LogP contribution in [0, 0.1) is 6.92 Å². The number of carbonyl (C=O) groups is 1. The van der Waals surface area contributed by atoms with Crippen molar-refractivity contribution < 1.29 is 18.2 Å². The fraction of sp³-hybridized carbons (Fsp3) is 0.0476. The molecule has 0 amide bonds. The minimum absolute atomic E-state index is 0.300. The van der Waals surface area contributed by atoms with Gasteiger partial charge in [-0.3, -0.25) is 0 Å². The Morgan fingerprint density at radius 2 is 1.69 bits per heavy atom. The monoisotopic (exact) mass is 343 g/mol. The molecule has 0 aliphatic carbocycles. The molecule has 0 saturated carbocycles. The van der Waals surface area contributed by atoms with Gasteiger partial charge in [0.1, 0.15) is 6.20 Å². The summed E-state index contributed by atoms with van der Waals surface area (Å²) in [4.78, 5) is 13.1. The average molecular weight is 343 g/mol. The van der Waals surface area contributed by atoms with Crippen molar-refractivity contribution in [1.29, 1.82) is 0 Å². The summed E-state index contributed by atoms with van der Waals surface area (Å²) in [7, 11) is 0. The SMILES string of the molecule is Cc1ccc(C(=O)[B@@-]2(F)Oc3cccc4ccc5ccc[n+]2c5c34)cc1. The number of hydrogen-bond acceptors (Lipinski definition) is 2. The Labute approximate surface area is 149 Å². The van der Waals surface area contributed by atoms with E-state index in [-0.39, 0.29) is 0 Å². The smallest absolute Gasteiger partial charge is 0.624 e. The molecular formula is C21H15BFNO2. The minimum atomic E-state index is -3.45. The third-order valence-corrected chi connectivity index (χ3v) is 5.09. The molecule has 0 N–H and O–H groups in total. The Balaban J connectivity index is 1.82. The summed E-state index contributed by atoms with van der Waals surface area (Å²) >= 11 is 0. The van der Waals surface area contributed by atoms with Crippen LogP contribution in [0.15, 0.2) is 72.9 Å². The van der Waals surface area contributed by atoms with Crippen LogP contribution >= 0.6 is 0 Å². The Morgan fingerprint density at radius 3 is 2.50 bits per heavy atom. The van der Waals surface area contributed by atoms with E-state index in [1.54, 1.807) is 42.6 Å². The van der Waals surface area contributed by atoms with Gasteiger partial charge in [-0.1, -0.05) is 48.0 Å². The maximum Gasteiger partial charge on any atom is 0.704 e. The van der Waals surface area contributed by atoms with Crippen LogP contribution in [0.5, 0.6) is 5.75 Å². The number of benzene rings is 3. The van der Waals surface area contributed by atoms with Crippen molar-refractivity contribution >= 4 is 34.1 Å². The third kappa shape index (κ3) is 1.94. The molecule has 0 saturated heterocycles. The lowest BCUT2D eigenvalue weighted by Gasteiger charge is -2.32. The number of halogens is 1. The van der Waals surface area contributed by atoms with E-state index in [0.717, 1.165) is 21.7 Å². The largest absolute Gasteiger partial charge is 0.704 e. The van der Waals surface area contributed by atoms with Gasteiger partial charge in [0.05, 0.1) is 11.1 Å². The molecule has 0 bridgehead atoms. The molecular weight excluding hydrogens is 328 g/mol. The first kappa shape index (κ1) is 15.1. The van der Waals surface area contributed by atoms with Crippen molar-refractivity contribution in [1.82, 2.24) is 0 Å². The number of hydrogen-bond donors (Lipinski definition) is 0. The van der Waals surface area contributed by atoms with Crippen LogP contribution in [-0.4, -0.2) is 12.4 Å². The summed E-state index contributed by atoms with van der Waals surface area (Å²) in [5.41, 5.74) is 1.34.